The molecule has 6 nitrogen and oxygen atoms in total. The smallest absolute Gasteiger partial charge is 0.491 e. The Hall–Kier alpha value is -2.94. The highest BCUT2D eigenvalue weighted by atomic mass is 19.4. The van der Waals surface area contributed by atoms with Crippen LogP contribution in [0.5, 0.6) is 11.5 Å². The van der Waals surface area contributed by atoms with Crippen LogP contribution in [0.4, 0.5) is 18.9 Å². The van der Waals surface area contributed by atoms with Gasteiger partial charge in [-0.3, -0.25) is 4.79 Å². The number of piperidine rings is 1. The molecule has 1 heterocycles. The third-order valence-electron chi connectivity index (χ3n) is 6.12. The van der Waals surface area contributed by atoms with Crippen molar-refractivity contribution in [3.63, 3.8) is 0 Å². The molecule has 0 bridgehead atoms. The average molecular weight is 495 g/mol. The van der Waals surface area contributed by atoms with E-state index < -0.39 is 12.0 Å². The van der Waals surface area contributed by atoms with Gasteiger partial charge < -0.3 is 24.4 Å². The lowest BCUT2D eigenvalue weighted by atomic mass is 9.87. The van der Waals surface area contributed by atoms with Gasteiger partial charge in [-0.25, -0.2) is 0 Å². The number of hydrogen-bond donors (Lipinski definition) is 1. The van der Waals surface area contributed by atoms with Crippen LogP contribution in [0.1, 0.15) is 38.7 Å². The maximum absolute atomic E-state index is 12.7. The molecule has 0 saturated carbocycles. The molecule has 1 aliphatic rings. The third-order valence-corrected chi connectivity index (χ3v) is 6.12. The summed E-state index contributed by atoms with van der Waals surface area (Å²) < 4.78 is 46.4. The second kappa shape index (κ2) is 11.2. The summed E-state index contributed by atoms with van der Waals surface area (Å²) in [6.07, 6.45) is -3.01. The minimum atomic E-state index is -4.75. The maximum Gasteiger partial charge on any atom is 0.573 e. The van der Waals surface area contributed by atoms with Crippen LogP contribution in [-0.4, -0.2) is 60.7 Å². The third kappa shape index (κ3) is 8.35. The molecule has 9 heteroatoms. The lowest BCUT2D eigenvalue weighted by Gasteiger charge is -2.39. The number of carbonyl (C=O) groups excluding carboxylic acids is 1. The first-order chi connectivity index (χ1) is 16.4. The minimum Gasteiger partial charge on any atom is -0.491 e. The summed E-state index contributed by atoms with van der Waals surface area (Å²) in [7, 11) is 1.98. The van der Waals surface area contributed by atoms with E-state index in [0.717, 1.165) is 11.4 Å². The number of ether oxygens (including phenoxy) is 2. The number of hydrogen-bond acceptors (Lipinski definition) is 5. The first kappa shape index (κ1) is 26.7. The van der Waals surface area contributed by atoms with Crippen molar-refractivity contribution in [2.75, 3.05) is 31.6 Å². The van der Waals surface area contributed by atoms with Gasteiger partial charge in [0.05, 0.1) is 18.1 Å². The van der Waals surface area contributed by atoms with Gasteiger partial charge in [-0.1, -0.05) is 12.1 Å². The van der Waals surface area contributed by atoms with E-state index in [-0.39, 0.29) is 24.2 Å². The van der Waals surface area contributed by atoms with Crippen LogP contribution in [0.15, 0.2) is 48.5 Å². The Kier molecular flexibility index (Phi) is 8.53. The molecule has 0 radical (unpaired) electrons. The molecule has 1 N–H and O–H groups in total. The molecule has 1 fully saturated rings. The molecular formula is C26H33F3N2O4. The highest BCUT2D eigenvalue weighted by Crippen LogP contribution is 2.28. The SMILES string of the molecule is CC(C)Oc1ccc(N(C)CCC2(O)CCN(C(=O)Cc3ccc(OC(F)(F)F)cc3)CC2)cc1. The molecule has 35 heavy (non-hydrogen) atoms. The highest BCUT2D eigenvalue weighted by molar-refractivity contribution is 5.79. The van der Waals surface area contributed by atoms with Gasteiger partial charge in [0.15, 0.2) is 0 Å². The summed E-state index contributed by atoms with van der Waals surface area (Å²) >= 11 is 0. The number of likely N-dealkylation sites (tertiary alicyclic amines) is 1. The number of amides is 1. The molecule has 0 aliphatic carbocycles. The first-order valence-electron chi connectivity index (χ1n) is 11.8. The van der Waals surface area contributed by atoms with E-state index in [1.165, 1.54) is 24.3 Å². The monoisotopic (exact) mass is 494 g/mol. The molecule has 3 rings (SSSR count). The molecule has 1 amide bonds. The molecule has 1 aliphatic heterocycles. The van der Waals surface area contributed by atoms with E-state index in [9.17, 15) is 23.1 Å². The Morgan fingerprint density at radius 3 is 2.17 bits per heavy atom. The largest absolute Gasteiger partial charge is 0.573 e. The lowest BCUT2D eigenvalue weighted by Crippen LogP contribution is -2.48. The molecular weight excluding hydrogens is 461 g/mol. The van der Waals surface area contributed by atoms with E-state index in [2.05, 4.69) is 9.64 Å². The number of alkyl halides is 3. The van der Waals surface area contributed by atoms with Crippen LogP contribution >= 0.6 is 0 Å². The van der Waals surface area contributed by atoms with Crippen LogP contribution in [-0.2, 0) is 11.2 Å². The average Bonchev–Trinajstić information content (AvgIpc) is 2.78. The number of carbonyl (C=O) groups is 1. The molecule has 2 aromatic rings. The summed E-state index contributed by atoms with van der Waals surface area (Å²) in [6, 6.07) is 13.2. The predicted molar refractivity (Wildman–Crippen MR) is 128 cm³/mol. The van der Waals surface area contributed by atoms with Crippen molar-refractivity contribution >= 4 is 11.6 Å². The van der Waals surface area contributed by atoms with E-state index in [1.54, 1.807) is 4.90 Å². The standard InChI is InChI=1S/C26H33F3N2O4/c1-19(2)34-22-10-6-21(7-11-22)30(3)15-12-25(33)13-16-31(17-14-25)24(32)18-20-4-8-23(9-5-20)35-26(27,28)29/h4-11,19,33H,12-18H2,1-3H3. The Morgan fingerprint density at radius 2 is 1.63 bits per heavy atom. The Bertz CT molecular complexity index is 954. The van der Waals surface area contributed by atoms with Gasteiger partial charge in [0, 0.05) is 32.4 Å². The van der Waals surface area contributed by atoms with E-state index in [4.69, 9.17) is 4.74 Å². The predicted octanol–water partition coefficient (Wildman–Crippen LogP) is 4.79. The highest BCUT2D eigenvalue weighted by Gasteiger charge is 2.34. The van der Waals surface area contributed by atoms with E-state index >= 15 is 0 Å². The van der Waals surface area contributed by atoms with Crippen molar-refractivity contribution in [1.29, 1.82) is 0 Å². The van der Waals surface area contributed by atoms with E-state index in [0.29, 0.717) is 44.5 Å². The Labute approximate surface area is 204 Å². The zero-order valence-corrected chi connectivity index (χ0v) is 20.3. The summed E-state index contributed by atoms with van der Waals surface area (Å²) in [5, 5.41) is 11.0. The normalized spacial score (nSPS) is 15.7. The molecule has 2 aromatic carbocycles. The zero-order valence-electron chi connectivity index (χ0n) is 20.3. The quantitative estimate of drug-likeness (QED) is 0.543. The Morgan fingerprint density at radius 1 is 1.06 bits per heavy atom. The molecule has 0 atom stereocenters. The number of halogens is 3. The van der Waals surface area contributed by atoms with Gasteiger partial charge in [0.1, 0.15) is 11.5 Å². The van der Waals surface area contributed by atoms with Gasteiger partial charge in [0.2, 0.25) is 5.91 Å². The van der Waals surface area contributed by atoms with Gasteiger partial charge >= 0.3 is 6.36 Å². The van der Waals surface area contributed by atoms with Crippen LogP contribution in [0.25, 0.3) is 0 Å². The second-order valence-electron chi connectivity index (χ2n) is 9.31. The van der Waals surface area contributed by atoms with Crippen molar-refractivity contribution in [1.82, 2.24) is 4.90 Å². The zero-order chi connectivity index (χ0) is 25.6. The van der Waals surface area contributed by atoms with E-state index in [1.807, 2.05) is 45.2 Å². The van der Waals surface area contributed by atoms with Crippen LogP contribution < -0.4 is 14.4 Å². The molecule has 0 spiro atoms. The fourth-order valence-electron chi connectivity index (χ4n) is 4.07. The summed E-state index contributed by atoms with van der Waals surface area (Å²) in [6.45, 7) is 5.51. The number of benzene rings is 2. The molecule has 1 saturated heterocycles. The van der Waals surface area contributed by atoms with Crippen LogP contribution in [0.3, 0.4) is 0 Å². The van der Waals surface area contributed by atoms with Crippen molar-refractivity contribution in [3.8, 4) is 11.5 Å². The topological polar surface area (TPSA) is 62.2 Å². The summed E-state index contributed by atoms with van der Waals surface area (Å²) in [5.41, 5.74) is 0.795. The van der Waals surface area contributed by atoms with Crippen molar-refractivity contribution in [2.24, 2.45) is 0 Å². The second-order valence-corrected chi connectivity index (χ2v) is 9.31. The van der Waals surface area contributed by atoms with Crippen LogP contribution in [0.2, 0.25) is 0 Å². The summed E-state index contributed by atoms with van der Waals surface area (Å²) in [4.78, 5) is 16.4. The fraction of sp³-hybridized carbons (Fsp3) is 0.500. The van der Waals surface area contributed by atoms with Crippen LogP contribution in [0, 0.1) is 0 Å². The molecule has 192 valence electrons. The number of anilines is 1. The maximum atomic E-state index is 12.7. The number of rotatable bonds is 9. The van der Waals surface area contributed by atoms with Gasteiger partial charge in [-0.15, -0.1) is 13.2 Å². The van der Waals surface area contributed by atoms with Gasteiger partial charge in [-0.2, -0.15) is 0 Å². The van der Waals surface area contributed by atoms with Gasteiger partial charge in [0.25, 0.3) is 0 Å². The fourth-order valence-corrected chi connectivity index (χ4v) is 4.07. The lowest BCUT2D eigenvalue weighted by molar-refractivity contribution is -0.274. The minimum absolute atomic E-state index is 0.0873. The van der Waals surface area contributed by atoms with Crippen molar-refractivity contribution in [2.45, 2.75) is 57.6 Å². The number of nitrogens with zero attached hydrogens (tertiary/aromatic N) is 2. The van der Waals surface area contributed by atoms with Crippen molar-refractivity contribution < 1.29 is 32.5 Å². The summed E-state index contributed by atoms with van der Waals surface area (Å²) in [5.74, 6) is 0.386. The molecule has 0 unspecified atom stereocenters. The van der Waals surface area contributed by atoms with Gasteiger partial charge in [-0.05, 0) is 75.1 Å². The van der Waals surface area contributed by atoms with Crippen molar-refractivity contribution in [3.05, 3.63) is 54.1 Å². The molecule has 0 aromatic heterocycles. The number of aliphatic hydroxyl groups is 1. The Balaban J connectivity index is 1.44. The first-order valence-corrected chi connectivity index (χ1v) is 11.8.